The number of nitrogens with two attached hydrogens (primary N) is 1. The second-order valence-electron chi connectivity index (χ2n) is 4.83. The number of hydrogen-bond donors (Lipinski definition) is 2. The molecule has 0 spiro atoms. The van der Waals surface area contributed by atoms with Crippen LogP contribution in [-0.2, 0) is 6.42 Å². The van der Waals surface area contributed by atoms with Gasteiger partial charge in [0.2, 0.25) is 0 Å². The van der Waals surface area contributed by atoms with Gasteiger partial charge in [-0.1, -0.05) is 12.1 Å². The Hall–Kier alpha value is -1.78. The molecular weight excluding hydrogens is 321 g/mol. The fourth-order valence-corrected chi connectivity index (χ4v) is 2.03. The van der Waals surface area contributed by atoms with Gasteiger partial charge in [-0.05, 0) is 50.1 Å². The van der Waals surface area contributed by atoms with Crippen molar-refractivity contribution in [2.24, 2.45) is 0 Å². The second kappa shape index (κ2) is 9.28. The van der Waals surface area contributed by atoms with E-state index in [1.807, 2.05) is 50.2 Å². The number of hydrogen-bond acceptors (Lipinski definition) is 3. The van der Waals surface area contributed by atoms with Crippen LogP contribution in [0.3, 0.4) is 0 Å². The fourth-order valence-electron chi connectivity index (χ4n) is 2.03. The van der Waals surface area contributed by atoms with E-state index in [1.54, 1.807) is 0 Å². The molecule has 1 aromatic carbocycles. The number of aromatic nitrogens is 1. The Morgan fingerprint density at radius 2 is 1.73 bits per heavy atom. The summed E-state index contributed by atoms with van der Waals surface area (Å²) in [7, 11) is 0. The summed E-state index contributed by atoms with van der Waals surface area (Å²) in [5, 5.41) is 2.91. The normalized spacial score (nSPS) is 9.36. The minimum absolute atomic E-state index is 0. The minimum Gasteiger partial charge on any atom is -0.399 e. The van der Waals surface area contributed by atoms with Crippen LogP contribution in [0.4, 0.5) is 5.69 Å². The van der Waals surface area contributed by atoms with Crippen LogP contribution in [0.15, 0.2) is 36.4 Å². The molecule has 0 aliphatic carbocycles. The highest BCUT2D eigenvalue weighted by molar-refractivity contribution is 5.95. The Morgan fingerprint density at radius 3 is 2.32 bits per heavy atom. The van der Waals surface area contributed by atoms with Crippen molar-refractivity contribution >= 4 is 36.4 Å². The van der Waals surface area contributed by atoms with Gasteiger partial charge in [-0.25, -0.2) is 0 Å². The molecule has 0 fully saturated rings. The lowest BCUT2D eigenvalue weighted by atomic mass is 10.1. The molecule has 22 heavy (non-hydrogen) atoms. The highest BCUT2D eigenvalue weighted by Gasteiger charge is 2.09. The first kappa shape index (κ1) is 20.2. The molecule has 0 saturated heterocycles. The molecule has 1 amide bonds. The van der Waals surface area contributed by atoms with Gasteiger partial charge in [-0.15, -0.1) is 24.8 Å². The van der Waals surface area contributed by atoms with E-state index < -0.39 is 0 Å². The predicted octanol–water partition coefficient (Wildman–Crippen LogP) is 3.10. The molecule has 0 radical (unpaired) electrons. The van der Waals surface area contributed by atoms with Crippen molar-refractivity contribution in [3.63, 3.8) is 0 Å². The van der Waals surface area contributed by atoms with Gasteiger partial charge in [0.25, 0.3) is 5.91 Å². The Kier molecular flexibility index (Phi) is 8.53. The zero-order valence-corrected chi connectivity index (χ0v) is 14.3. The van der Waals surface area contributed by atoms with Crippen LogP contribution in [0.25, 0.3) is 0 Å². The molecule has 4 nitrogen and oxygen atoms in total. The van der Waals surface area contributed by atoms with Crippen LogP contribution in [-0.4, -0.2) is 17.4 Å². The lowest BCUT2D eigenvalue weighted by molar-refractivity contribution is 0.0953. The van der Waals surface area contributed by atoms with Crippen molar-refractivity contribution in [2.45, 2.75) is 20.3 Å². The van der Waals surface area contributed by atoms with E-state index in [1.165, 1.54) is 0 Å². The van der Waals surface area contributed by atoms with Gasteiger partial charge >= 0.3 is 0 Å². The van der Waals surface area contributed by atoms with Crippen LogP contribution in [0, 0.1) is 13.8 Å². The van der Waals surface area contributed by atoms with Gasteiger partial charge in [0.15, 0.2) is 0 Å². The topological polar surface area (TPSA) is 68.0 Å². The van der Waals surface area contributed by atoms with Crippen molar-refractivity contribution in [1.29, 1.82) is 0 Å². The summed E-state index contributed by atoms with van der Waals surface area (Å²) < 4.78 is 0. The maximum Gasteiger partial charge on any atom is 0.253 e. The standard InChI is InChI=1S/C16H19N3O.2ClH/c1-11-3-8-15(12(2)19-11)16(20)18-10-9-13-4-6-14(17)7-5-13;;/h3-8H,9-10,17H2,1-2H3,(H,18,20);2*1H. The third kappa shape index (κ3) is 5.54. The number of halogens is 2. The number of nitrogens with one attached hydrogen (secondary N) is 1. The van der Waals surface area contributed by atoms with Gasteiger partial charge in [0.1, 0.15) is 0 Å². The average Bonchev–Trinajstić information content (AvgIpc) is 2.41. The molecule has 0 saturated carbocycles. The Balaban J connectivity index is 0.00000220. The number of nitrogen functional groups attached to an aromatic ring is 1. The zero-order chi connectivity index (χ0) is 14.5. The summed E-state index contributed by atoms with van der Waals surface area (Å²) in [5.41, 5.74) is 9.84. The number of anilines is 1. The maximum absolute atomic E-state index is 12.1. The van der Waals surface area contributed by atoms with Gasteiger partial charge in [-0.3, -0.25) is 9.78 Å². The van der Waals surface area contributed by atoms with E-state index in [0.717, 1.165) is 29.1 Å². The lowest BCUT2D eigenvalue weighted by Crippen LogP contribution is -2.26. The number of nitrogens with zero attached hydrogens (tertiary/aromatic N) is 1. The number of rotatable bonds is 4. The molecule has 1 aromatic heterocycles. The molecule has 0 bridgehead atoms. The Bertz CT molecular complexity index is 615. The molecule has 0 atom stereocenters. The molecule has 6 heteroatoms. The maximum atomic E-state index is 12.1. The minimum atomic E-state index is -0.0783. The zero-order valence-electron chi connectivity index (χ0n) is 12.6. The van der Waals surface area contributed by atoms with E-state index in [2.05, 4.69) is 10.3 Å². The first-order valence-electron chi connectivity index (χ1n) is 6.63. The number of carbonyl (C=O) groups excluding carboxylic acids is 1. The SMILES string of the molecule is Cc1ccc(C(=O)NCCc2ccc(N)cc2)c(C)n1.Cl.Cl. The van der Waals surface area contributed by atoms with Crippen LogP contribution in [0.5, 0.6) is 0 Å². The average molecular weight is 342 g/mol. The van der Waals surface area contributed by atoms with E-state index in [0.29, 0.717) is 12.1 Å². The molecule has 0 aliphatic heterocycles. The van der Waals surface area contributed by atoms with Gasteiger partial charge in [-0.2, -0.15) is 0 Å². The molecule has 2 rings (SSSR count). The second-order valence-corrected chi connectivity index (χ2v) is 4.83. The summed E-state index contributed by atoms with van der Waals surface area (Å²) in [6.07, 6.45) is 0.782. The first-order chi connectivity index (χ1) is 9.56. The van der Waals surface area contributed by atoms with Crippen LogP contribution >= 0.6 is 24.8 Å². The smallest absolute Gasteiger partial charge is 0.253 e. The fraction of sp³-hybridized carbons (Fsp3) is 0.250. The number of benzene rings is 1. The molecular formula is C16H21Cl2N3O. The van der Waals surface area contributed by atoms with Gasteiger partial charge < -0.3 is 11.1 Å². The highest BCUT2D eigenvalue weighted by Crippen LogP contribution is 2.07. The Morgan fingerprint density at radius 1 is 1.09 bits per heavy atom. The van der Waals surface area contributed by atoms with Crippen LogP contribution in [0.1, 0.15) is 27.3 Å². The third-order valence-electron chi connectivity index (χ3n) is 3.15. The Labute approximate surface area is 143 Å². The van der Waals surface area contributed by atoms with E-state index in [4.69, 9.17) is 5.73 Å². The van der Waals surface area contributed by atoms with Crippen molar-refractivity contribution in [2.75, 3.05) is 12.3 Å². The van der Waals surface area contributed by atoms with E-state index in [9.17, 15) is 4.79 Å². The summed E-state index contributed by atoms with van der Waals surface area (Å²) in [6.45, 7) is 4.35. The first-order valence-corrected chi connectivity index (χ1v) is 6.63. The van der Waals surface area contributed by atoms with Gasteiger partial charge in [0.05, 0.1) is 11.3 Å². The van der Waals surface area contributed by atoms with Crippen molar-refractivity contribution in [3.05, 3.63) is 58.9 Å². The number of carbonyl (C=O) groups is 1. The van der Waals surface area contributed by atoms with Crippen molar-refractivity contribution in [3.8, 4) is 0 Å². The number of aryl methyl sites for hydroxylation is 2. The third-order valence-corrected chi connectivity index (χ3v) is 3.15. The van der Waals surface area contributed by atoms with E-state index >= 15 is 0 Å². The number of pyridine rings is 1. The summed E-state index contributed by atoms with van der Waals surface area (Å²) in [5.74, 6) is -0.0783. The van der Waals surface area contributed by atoms with Crippen LogP contribution < -0.4 is 11.1 Å². The molecule has 2 aromatic rings. The van der Waals surface area contributed by atoms with Gasteiger partial charge in [0, 0.05) is 17.9 Å². The van der Waals surface area contributed by atoms with Crippen molar-refractivity contribution in [1.82, 2.24) is 10.3 Å². The summed E-state index contributed by atoms with van der Waals surface area (Å²) >= 11 is 0. The quantitative estimate of drug-likeness (QED) is 0.839. The monoisotopic (exact) mass is 341 g/mol. The molecule has 0 aliphatic rings. The molecule has 0 unspecified atom stereocenters. The van der Waals surface area contributed by atoms with E-state index in [-0.39, 0.29) is 30.7 Å². The largest absolute Gasteiger partial charge is 0.399 e. The molecule has 120 valence electrons. The summed E-state index contributed by atoms with van der Waals surface area (Å²) in [4.78, 5) is 16.3. The molecule has 1 heterocycles. The van der Waals surface area contributed by atoms with Crippen LogP contribution in [0.2, 0.25) is 0 Å². The lowest BCUT2D eigenvalue weighted by Gasteiger charge is -2.08. The molecule has 3 N–H and O–H groups in total. The predicted molar refractivity (Wildman–Crippen MR) is 95.1 cm³/mol. The van der Waals surface area contributed by atoms with Crippen molar-refractivity contribution < 1.29 is 4.79 Å². The number of amides is 1. The highest BCUT2D eigenvalue weighted by atomic mass is 35.5. The summed E-state index contributed by atoms with van der Waals surface area (Å²) in [6, 6.07) is 11.3.